The van der Waals surface area contributed by atoms with Crippen LogP contribution < -0.4 is 0 Å². The van der Waals surface area contributed by atoms with Gasteiger partial charge in [0.15, 0.2) is 0 Å². The van der Waals surface area contributed by atoms with E-state index >= 15 is 0 Å². The molecule has 0 saturated carbocycles. The maximum absolute atomic E-state index is 5.26. The lowest BCUT2D eigenvalue weighted by Gasteiger charge is -2.14. The van der Waals surface area contributed by atoms with Crippen LogP contribution in [0, 0.1) is 0 Å². The van der Waals surface area contributed by atoms with Gasteiger partial charge in [-0.2, -0.15) is 0 Å². The summed E-state index contributed by atoms with van der Waals surface area (Å²) < 4.78 is 0. The summed E-state index contributed by atoms with van der Waals surface area (Å²) in [7, 11) is 0. The molecule has 21 rings (SSSR count). The summed E-state index contributed by atoms with van der Waals surface area (Å²) >= 11 is 0. The molecule has 0 aliphatic carbocycles. The molecule has 21 aromatic rings. The van der Waals surface area contributed by atoms with Gasteiger partial charge in [0.2, 0.25) is 0 Å². The van der Waals surface area contributed by atoms with Crippen molar-refractivity contribution in [1.29, 1.82) is 0 Å². The Kier molecular flexibility index (Phi) is 16.3. The van der Waals surface area contributed by atoms with Crippen molar-refractivity contribution in [3.05, 3.63) is 377 Å². The van der Waals surface area contributed by atoms with Crippen LogP contribution in [0.5, 0.6) is 0 Å². The number of fused-ring (bicyclic) bond motifs is 9. The second-order valence-corrected chi connectivity index (χ2v) is 27.6. The van der Waals surface area contributed by atoms with Crippen molar-refractivity contribution in [2.75, 3.05) is 0 Å². The minimum absolute atomic E-state index is 0.910. The Morgan fingerprint density at radius 3 is 1.04 bits per heavy atom. The largest absolute Gasteiger partial charge is 0.264 e. The fourth-order valence-corrected chi connectivity index (χ4v) is 15.1. The summed E-state index contributed by atoms with van der Waals surface area (Å²) in [5.41, 5.74) is 30.8. The van der Waals surface area contributed by atoms with Crippen LogP contribution in [0.3, 0.4) is 0 Å². The topological polar surface area (TPSA) is 129 Å². The molecule has 10 nitrogen and oxygen atoms in total. The molecule has 0 amide bonds. The number of para-hydroxylation sites is 2. The predicted octanol–water partition coefficient (Wildman–Crippen LogP) is 24.9. The Labute approximate surface area is 633 Å². The molecular weight excluding hydrogens is 1340 g/mol. The van der Waals surface area contributed by atoms with Gasteiger partial charge in [0.05, 0.1) is 72.6 Å². The van der Waals surface area contributed by atoms with E-state index in [0.29, 0.717) is 0 Å². The monoisotopic (exact) mass is 1400 g/mol. The molecular formula is C100H62N10. The first kappa shape index (κ1) is 64.6. The van der Waals surface area contributed by atoms with E-state index in [2.05, 4.69) is 328 Å². The van der Waals surface area contributed by atoms with Gasteiger partial charge in [-0.25, -0.2) is 24.9 Å². The summed E-state index contributed by atoms with van der Waals surface area (Å²) in [6.45, 7) is 0. The number of aromatic nitrogens is 10. The van der Waals surface area contributed by atoms with E-state index in [1.807, 2.05) is 61.3 Å². The average Bonchev–Trinajstić information content (AvgIpc) is 0.781. The van der Waals surface area contributed by atoms with Crippen LogP contribution in [0.1, 0.15) is 0 Å². The molecule has 0 fully saturated rings. The van der Waals surface area contributed by atoms with E-state index in [0.717, 1.165) is 210 Å². The Morgan fingerprint density at radius 2 is 0.527 bits per heavy atom. The molecule has 110 heavy (non-hydrogen) atoms. The molecule has 0 radical (unpaired) electrons. The SMILES string of the molecule is c1cncc(-c2cccc(-c3ccc4ccc(-c5ccc6nc(-c7cc(-c8ccnc9ccccc89)cc(-c8ccnc9ccccc89)c7)ccc6c5)cc4n3)c2)c1.c1cncc(-c2cccc(-c3ccc4ccc(-c5ccc6nc(-c7cccc(-c8ccc9ccc%10cccnc%10c9n8)c7)ccc6c5)cc4n3)c2)c1. The molecule has 0 saturated heterocycles. The first-order valence-electron chi connectivity index (χ1n) is 36.7. The number of pyridine rings is 10. The van der Waals surface area contributed by atoms with Gasteiger partial charge >= 0.3 is 0 Å². The molecule has 0 N–H and O–H groups in total. The van der Waals surface area contributed by atoms with Gasteiger partial charge in [-0.1, -0.05) is 188 Å². The number of nitrogens with zero attached hydrogens (tertiary/aromatic N) is 10. The number of hydrogen-bond acceptors (Lipinski definition) is 10. The lowest BCUT2D eigenvalue weighted by Crippen LogP contribution is -1.92. The fraction of sp³-hybridized carbons (Fsp3) is 0. The summed E-state index contributed by atoms with van der Waals surface area (Å²) in [5, 5.41) is 8.76. The normalized spacial score (nSPS) is 11.5. The van der Waals surface area contributed by atoms with Crippen molar-refractivity contribution in [1.82, 2.24) is 49.8 Å². The standard InChI is InChI=1S/C53H33N5.C47H29N5/c1-3-12-51-46(10-1)44(22-25-55-51)41-29-42(45-23-26-56-52-13-4-2-11-47(45)52)31-43(30-41)50-21-18-39-28-36(17-20-49(39)57-50)37-15-14-34-16-19-48(58-53(34)32-37)38-8-5-7-35(27-38)40-9-6-24-54-33-40;1-5-33(40-10-3-23-48-29-40)25-36(6-1)42-19-15-30-11-14-35(28-45(30)51-42)34-17-21-43-39(26-34)18-22-41(50-43)37-7-2-8-38(27-37)44-20-16-32-13-12-31-9-4-24-49-46(31)47(32)52-44/h1-33H;1-29H. The van der Waals surface area contributed by atoms with Crippen LogP contribution in [-0.2, 0) is 0 Å². The van der Waals surface area contributed by atoms with E-state index in [4.69, 9.17) is 24.9 Å². The van der Waals surface area contributed by atoms with Gasteiger partial charge in [0.25, 0.3) is 0 Å². The lowest BCUT2D eigenvalue weighted by molar-refractivity contribution is 1.33. The zero-order valence-electron chi connectivity index (χ0n) is 59.3. The molecule has 10 aromatic heterocycles. The second-order valence-electron chi connectivity index (χ2n) is 27.6. The highest BCUT2D eigenvalue weighted by atomic mass is 14.8. The highest BCUT2D eigenvalue weighted by Gasteiger charge is 2.17. The maximum Gasteiger partial charge on any atom is 0.0972 e. The second kappa shape index (κ2) is 27.8. The lowest BCUT2D eigenvalue weighted by atomic mass is 9.92. The Morgan fingerprint density at radius 1 is 0.164 bits per heavy atom. The third kappa shape index (κ3) is 12.6. The molecule has 11 aromatic carbocycles. The Hall–Kier alpha value is -15.0. The maximum atomic E-state index is 5.26. The van der Waals surface area contributed by atoms with E-state index in [1.54, 1.807) is 12.4 Å². The number of rotatable bonds is 11. The molecule has 512 valence electrons. The first-order valence-corrected chi connectivity index (χ1v) is 36.7. The van der Waals surface area contributed by atoms with Crippen LogP contribution >= 0.6 is 0 Å². The first-order chi connectivity index (χ1) is 54.4. The van der Waals surface area contributed by atoms with Crippen molar-refractivity contribution in [3.8, 4) is 123 Å². The van der Waals surface area contributed by atoms with Crippen LogP contribution in [-0.4, -0.2) is 49.8 Å². The fourth-order valence-electron chi connectivity index (χ4n) is 15.1. The minimum atomic E-state index is 0.910. The van der Waals surface area contributed by atoms with Crippen molar-refractivity contribution in [2.45, 2.75) is 0 Å². The molecule has 0 bridgehead atoms. The third-order valence-corrected chi connectivity index (χ3v) is 20.8. The predicted molar refractivity (Wildman–Crippen MR) is 451 cm³/mol. The Balaban J connectivity index is 0.000000145. The molecule has 0 atom stereocenters. The van der Waals surface area contributed by atoms with Gasteiger partial charge in [0, 0.05) is 125 Å². The third-order valence-electron chi connectivity index (χ3n) is 20.8. The van der Waals surface area contributed by atoms with Gasteiger partial charge in [-0.3, -0.25) is 24.9 Å². The van der Waals surface area contributed by atoms with Crippen molar-refractivity contribution in [2.24, 2.45) is 0 Å². The Bertz CT molecular complexity index is 7080. The molecule has 0 aliphatic heterocycles. The zero-order valence-corrected chi connectivity index (χ0v) is 59.3. The zero-order chi connectivity index (χ0) is 72.9. The smallest absolute Gasteiger partial charge is 0.0972 e. The quantitative estimate of drug-likeness (QED) is 0.115. The van der Waals surface area contributed by atoms with Crippen LogP contribution in [0.2, 0.25) is 0 Å². The molecule has 0 spiro atoms. The molecule has 10 heterocycles. The number of benzene rings is 11. The van der Waals surface area contributed by atoms with Crippen LogP contribution in [0.25, 0.3) is 210 Å². The van der Waals surface area contributed by atoms with Gasteiger partial charge in [-0.05, 0) is 201 Å². The average molecular weight is 1400 g/mol. The number of hydrogen-bond donors (Lipinski definition) is 0. The summed E-state index contributed by atoms with van der Waals surface area (Å²) in [6.07, 6.45) is 13.0. The summed E-state index contributed by atoms with van der Waals surface area (Å²) in [6, 6.07) is 117. The van der Waals surface area contributed by atoms with Crippen molar-refractivity contribution in [3.63, 3.8) is 0 Å². The van der Waals surface area contributed by atoms with E-state index in [9.17, 15) is 0 Å². The molecule has 0 aliphatic rings. The highest BCUT2D eigenvalue weighted by Crippen LogP contribution is 2.40. The van der Waals surface area contributed by atoms with E-state index < -0.39 is 0 Å². The molecule has 0 unspecified atom stereocenters. The van der Waals surface area contributed by atoms with Crippen molar-refractivity contribution >= 4 is 87.2 Å². The van der Waals surface area contributed by atoms with Crippen molar-refractivity contribution < 1.29 is 0 Å². The van der Waals surface area contributed by atoms with E-state index in [-0.39, 0.29) is 0 Å². The van der Waals surface area contributed by atoms with Gasteiger partial charge in [0.1, 0.15) is 0 Å². The van der Waals surface area contributed by atoms with E-state index in [1.165, 1.54) is 0 Å². The minimum Gasteiger partial charge on any atom is -0.264 e. The highest BCUT2D eigenvalue weighted by molar-refractivity contribution is 6.04. The summed E-state index contributed by atoms with van der Waals surface area (Å²) in [5.74, 6) is 0. The molecule has 10 heteroatoms. The van der Waals surface area contributed by atoms with Crippen LogP contribution in [0.4, 0.5) is 0 Å². The van der Waals surface area contributed by atoms with Gasteiger partial charge < -0.3 is 0 Å². The van der Waals surface area contributed by atoms with Crippen LogP contribution in [0.15, 0.2) is 377 Å². The summed E-state index contributed by atoms with van der Waals surface area (Å²) in [4.78, 5) is 48.1. The van der Waals surface area contributed by atoms with Gasteiger partial charge in [-0.15, -0.1) is 0 Å².